The molecule has 2 rings (SSSR count). The quantitative estimate of drug-likeness (QED) is 0.809. The Balaban J connectivity index is 2.35. The van der Waals surface area contributed by atoms with Gasteiger partial charge in [-0.15, -0.1) is 0 Å². The first-order valence-corrected chi connectivity index (χ1v) is 5.38. The van der Waals surface area contributed by atoms with Crippen LogP contribution in [0.25, 0.3) is 11.3 Å². The number of rotatable bonds is 2. The maximum atomic E-state index is 6.00. The third-order valence-electron chi connectivity index (χ3n) is 2.62. The molecule has 84 valence electrons. The highest BCUT2D eigenvalue weighted by atomic mass is 15.1. The lowest BCUT2D eigenvalue weighted by Gasteiger charge is -2.14. The Bertz CT molecular complexity index is 475. The van der Waals surface area contributed by atoms with E-state index in [0.29, 0.717) is 0 Å². The van der Waals surface area contributed by atoms with E-state index in [-0.39, 0.29) is 5.54 Å². The molecule has 0 radical (unpaired) electrons. The fourth-order valence-electron chi connectivity index (χ4n) is 1.52. The van der Waals surface area contributed by atoms with Gasteiger partial charge in [0.05, 0.1) is 16.9 Å². The average molecular weight is 215 g/mol. The predicted octanol–water partition coefficient (Wildman–Crippen LogP) is 2.58. The van der Waals surface area contributed by atoms with Crippen molar-refractivity contribution in [1.29, 1.82) is 0 Å². The summed E-state index contributed by atoms with van der Waals surface area (Å²) < 4.78 is 0. The minimum Gasteiger partial charge on any atom is -0.321 e. The van der Waals surface area contributed by atoms with Crippen molar-refractivity contribution in [2.75, 3.05) is 0 Å². The number of hydrogen-bond donors (Lipinski definition) is 2. The zero-order valence-corrected chi connectivity index (χ0v) is 9.91. The maximum Gasteiger partial charge on any atom is 0.0924 e. The SMILES string of the molecule is Cc1ccc(-c2cc(C(C)(C)N)[nH]n2)cc1. The van der Waals surface area contributed by atoms with Gasteiger partial charge in [0.2, 0.25) is 0 Å². The summed E-state index contributed by atoms with van der Waals surface area (Å²) in [5.74, 6) is 0. The fraction of sp³-hybridized carbons (Fsp3) is 0.308. The number of aryl methyl sites for hydroxylation is 1. The summed E-state index contributed by atoms with van der Waals surface area (Å²) >= 11 is 0. The summed E-state index contributed by atoms with van der Waals surface area (Å²) in [7, 11) is 0. The van der Waals surface area contributed by atoms with E-state index in [0.717, 1.165) is 17.0 Å². The molecule has 1 aromatic carbocycles. The molecule has 0 aliphatic carbocycles. The molecule has 0 spiro atoms. The summed E-state index contributed by atoms with van der Waals surface area (Å²) in [6, 6.07) is 10.3. The van der Waals surface area contributed by atoms with Gasteiger partial charge < -0.3 is 5.73 Å². The monoisotopic (exact) mass is 215 g/mol. The predicted molar refractivity (Wildman–Crippen MR) is 66.0 cm³/mol. The maximum absolute atomic E-state index is 6.00. The molecule has 2 aromatic rings. The van der Waals surface area contributed by atoms with E-state index in [9.17, 15) is 0 Å². The highest BCUT2D eigenvalue weighted by Gasteiger charge is 2.17. The average Bonchev–Trinajstić information content (AvgIpc) is 2.67. The molecule has 0 unspecified atom stereocenters. The first kappa shape index (κ1) is 10.9. The van der Waals surface area contributed by atoms with Gasteiger partial charge in [-0.2, -0.15) is 5.10 Å². The number of aromatic nitrogens is 2. The van der Waals surface area contributed by atoms with Gasteiger partial charge in [-0.25, -0.2) is 0 Å². The first-order chi connectivity index (χ1) is 7.47. The van der Waals surface area contributed by atoms with Gasteiger partial charge in [0.15, 0.2) is 0 Å². The smallest absolute Gasteiger partial charge is 0.0924 e. The molecule has 0 amide bonds. The third kappa shape index (κ3) is 2.14. The molecule has 3 heteroatoms. The zero-order chi connectivity index (χ0) is 11.8. The third-order valence-corrected chi connectivity index (χ3v) is 2.62. The number of aromatic amines is 1. The molecular weight excluding hydrogens is 198 g/mol. The molecule has 0 bridgehead atoms. The number of nitrogens with zero attached hydrogens (tertiary/aromatic N) is 1. The number of hydrogen-bond acceptors (Lipinski definition) is 2. The van der Waals surface area contributed by atoms with E-state index < -0.39 is 0 Å². The van der Waals surface area contributed by atoms with Crippen molar-refractivity contribution >= 4 is 0 Å². The van der Waals surface area contributed by atoms with E-state index in [4.69, 9.17) is 5.73 Å². The molecule has 0 aliphatic rings. The molecule has 0 saturated carbocycles. The van der Waals surface area contributed by atoms with E-state index in [1.165, 1.54) is 5.56 Å². The van der Waals surface area contributed by atoms with E-state index in [2.05, 4.69) is 41.4 Å². The molecule has 16 heavy (non-hydrogen) atoms. The molecule has 3 N–H and O–H groups in total. The zero-order valence-electron chi connectivity index (χ0n) is 9.91. The Kier molecular flexibility index (Phi) is 2.56. The standard InChI is InChI=1S/C13H17N3/c1-9-4-6-10(7-5-9)11-8-12(16-15-11)13(2,3)14/h4-8H,14H2,1-3H3,(H,15,16). The van der Waals surface area contributed by atoms with Crippen LogP contribution in [0.15, 0.2) is 30.3 Å². The summed E-state index contributed by atoms with van der Waals surface area (Å²) in [6.07, 6.45) is 0. The van der Waals surface area contributed by atoms with Crippen LogP contribution in [0.5, 0.6) is 0 Å². The van der Waals surface area contributed by atoms with Gasteiger partial charge in [-0.3, -0.25) is 5.10 Å². The molecule has 1 heterocycles. The number of nitrogens with one attached hydrogen (secondary N) is 1. The van der Waals surface area contributed by atoms with Gasteiger partial charge in [0.1, 0.15) is 0 Å². The molecule has 0 fully saturated rings. The highest BCUT2D eigenvalue weighted by Crippen LogP contribution is 2.22. The van der Waals surface area contributed by atoms with Gasteiger partial charge in [-0.1, -0.05) is 29.8 Å². The van der Waals surface area contributed by atoms with Crippen molar-refractivity contribution in [3.8, 4) is 11.3 Å². The Morgan fingerprint density at radius 2 is 1.81 bits per heavy atom. The van der Waals surface area contributed by atoms with Crippen LogP contribution in [-0.4, -0.2) is 10.2 Å². The number of benzene rings is 1. The van der Waals surface area contributed by atoms with E-state index >= 15 is 0 Å². The lowest BCUT2D eigenvalue weighted by molar-refractivity contribution is 0.533. The second kappa shape index (κ2) is 3.76. The van der Waals surface area contributed by atoms with Crippen LogP contribution >= 0.6 is 0 Å². The summed E-state index contributed by atoms with van der Waals surface area (Å²) in [6.45, 7) is 5.99. The topological polar surface area (TPSA) is 54.7 Å². The minimum absolute atomic E-state index is 0.379. The largest absolute Gasteiger partial charge is 0.321 e. The van der Waals surface area contributed by atoms with Crippen LogP contribution in [0, 0.1) is 6.92 Å². The lowest BCUT2D eigenvalue weighted by Crippen LogP contribution is -2.28. The first-order valence-electron chi connectivity index (χ1n) is 5.38. The fourth-order valence-corrected chi connectivity index (χ4v) is 1.52. The van der Waals surface area contributed by atoms with Crippen molar-refractivity contribution in [1.82, 2.24) is 10.2 Å². The van der Waals surface area contributed by atoms with Gasteiger partial charge in [-0.05, 0) is 26.8 Å². The number of H-pyrrole nitrogens is 1. The van der Waals surface area contributed by atoms with Crippen molar-refractivity contribution in [2.45, 2.75) is 26.3 Å². The number of nitrogens with two attached hydrogens (primary N) is 1. The Morgan fingerprint density at radius 1 is 1.19 bits per heavy atom. The molecular formula is C13H17N3. The van der Waals surface area contributed by atoms with Crippen LogP contribution in [0.3, 0.4) is 0 Å². The van der Waals surface area contributed by atoms with E-state index in [1.807, 2.05) is 19.9 Å². The molecule has 0 saturated heterocycles. The van der Waals surface area contributed by atoms with Crippen LogP contribution in [0.2, 0.25) is 0 Å². The van der Waals surface area contributed by atoms with Crippen LogP contribution in [0.4, 0.5) is 0 Å². The summed E-state index contributed by atoms with van der Waals surface area (Å²) in [4.78, 5) is 0. The summed E-state index contributed by atoms with van der Waals surface area (Å²) in [5, 5.41) is 7.26. The van der Waals surface area contributed by atoms with Crippen molar-refractivity contribution in [3.05, 3.63) is 41.6 Å². The molecule has 0 aliphatic heterocycles. The lowest BCUT2D eigenvalue weighted by atomic mass is 10.0. The van der Waals surface area contributed by atoms with Gasteiger partial charge >= 0.3 is 0 Å². The van der Waals surface area contributed by atoms with E-state index in [1.54, 1.807) is 0 Å². The minimum atomic E-state index is -0.379. The second-order valence-corrected chi connectivity index (χ2v) is 4.75. The Hall–Kier alpha value is -1.61. The Morgan fingerprint density at radius 3 is 2.31 bits per heavy atom. The van der Waals surface area contributed by atoms with Crippen molar-refractivity contribution in [3.63, 3.8) is 0 Å². The highest BCUT2D eigenvalue weighted by molar-refractivity contribution is 5.59. The Labute approximate surface area is 95.7 Å². The van der Waals surface area contributed by atoms with Crippen molar-refractivity contribution < 1.29 is 0 Å². The van der Waals surface area contributed by atoms with Crippen molar-refractivity contribution in [2.24, 2.45) is 5.73 Å². The normalized spacial score (nSPS) is 11.8. The van der Waals surface area contributed by atoms with Crippen LogP contribution in [0.1, 0.15) is 25.1 Å². The van der Waals surface area contributed by atoms with Crippen LogP contribution < -0.4 is 5.73 Å². The van der Waals surface area contributed by atoms with Gasteiger partial charge in [0.25, 0.3) is 0 Å². The summed E-state index contributed by atoms with van der Waals surface area (Å²) in [5.41, 5.74) is 9.87. The molecule has 0 atom stereocenters. The molecule has 3 nitrogen and oxygen atoms in total. The second-order valence-electron chi connectivity index (χ2n) is 4.75. The van der Waals surface area contributed by atoms with Gasteiger partial charge in [0, 0.05) is 5.56 Å². The van der Waals surface area contributed by atoms with Crippen LogP contribution in [-0.2, 0) is 5.54 Å². The molecule has 1 aromatic heterocycles.